The Kier molecular flexibility index (Phi) is 4.60. The largest absolute Gasteiger partial charge is 0.467 e. The van der Waals surface area contributed by atoms with E-state index in [1.54, 1.807) is 19.2 Å². The van der Waals surface area contributed by atoms with Gasteiger partial charge < -0.3 is 15.1 Å². The van der Waals surface area contributed by atoms with Crippen molar-refractivity contribution >= 4 is 17.5 Å². The van der Waals surface area contributed by atoms with E-state index >= 15 is 0 Å². The fourth-order valence-corrected chi connectivity index (χ4v) is 2.21. The summed E-state index contributed by atoms with van der Waals surface area (Å²) in [5.74, 6) is -0.753. The second kappa shape index (κ2) is 7.00. The third-order valence-electron chi connectivity index (χ3n) is 3.40. The number of carbonyl (C=O) groups excluding carboxylic acids is 2. The maximum absolute atomic E-state index is 12.9. The number of benzene rings is 1. The third kappa shape index (κ3) is 3.92. The van der Waals surface area contributed by atoms with Crippen LogP contribution in [-0.2, 0) is 13.6 Å². The maximum Gasteiger partial charge on any atom is 0.274 e. The average molecular weight is 342 g/mol. The summed E-state index contributed by atoms with van der Waals surface area (Å²) in [6, 6.07) is 8.55. The van der Waals surface area contributed by atoms with E-state index in [1.165, 1.54) is 41.4 Å². The molecule has 0 atom stereocenters. The number of rotatable bonds is 5. The first kappa shape index (κ1) is 16.4. The zero-order chi connectivity index (χ0) is 17.8. The molecule has 0 radical (unpaired) electrons. The quantitative estimate of drug-likeness (QED) is 0.745. The number of nitrogens with one attached hydrogen (secondary N) is 2. The van der Waals surface area contributed by atoms with E-state index < -0.39 is 17.6 Å². The minimum atomic E-state index is -0.465. The number of nitrogens with zero attached hydrogens (tertiary/aromatic N) is 2. The van der Waals surface area contributed by atoms with Crippen molar-refractivity contribution in [2.24, 2.45) is 7.05 Å². The molecule has 7 nitrogen and oxygen atoms in total. The fraction of sp³-hybridized carbons (Fsp3) is 0.118. The summed E-state index contributed by atoms with van der Waals surface area (Å²) in [7, 11) is 1.64. The molecule has 0 aliphatic carbocycles. The smallest absolute Gasteiger partial charge is 0.274 e. The van der Waals surface area contributed by atoms with Gasteiger partial charge in [-0.25, -0.2) is 4.39 Å². The lowest BCUT2D eigenvalue weighted by Gasteiger charge is -2.06. The molecule has 0 aliphatic rings. The van der Waals surface area contributed by atoms with Crippen LogP contribution in [0.2, 0.25) is 0 Å². The van der Waals surface area contributed by atoms with Crippen molar-refractivity contribution in [3.05, 3.63) is 71.7 Å². The Morgan fingerprint density at radius 1 is 1.20 bits per heavy atom. The summed E-state index contributed by atoms with van der Waals surface area (Å²) >= 11 is 0. The highest BCUT2D eigenvalue weighted by molar-refractivity contribution is 6.08. The van der Waals surface area contributed by atoms with Gasteiger partial charge in [-0.1, -0.05) is 0 Å². The van der Waals surface area contributed by atoms with Crippen molar-refractivity contribution in [1.29, 1.82) is 0 Å². The van der Waals surface area contributed by atoms with E-state index in [2.05, 4.69) is 15.7 Å². The Morgan fingerprint density at radius 2 is 1.96 bits per heavy atom. The number of aryl methyl sites for hydroxylation is 1. The lowest BCUT2D eigenvalue weighted by atomic mass is 10.2. The molecule has 0 fully saturated rings. The average Bonchev–Trinajstić information content (AvgIpc) is 3.23. The molecule has 8 heteroatoms. The van der Waals surface area contributed by atoms with Gasteiger partial charge in [-0.15, -0.1) is 0 Å². The second-order valence-corrected chi connectivity index (χ2v) is 5.29. The molecule has 0 spiro atoms. The Labute approximate surface area is 142 Å². The SMILES string of the molecule is Cn1cc(NC(=O)c2ccc(F)cc2)c(C(=O)NCc2ccco2)n1. The molecule has 2 N–H and O–H groups in total. The van der Waals surface area contributed by atoms with Crippen LogP contribution < -0.4 is 10.6 Å². The standard InChI is InChI=1S/C17H15FN4O3/c1-22-10-14(20-16(23)11-4-6-12(18)7-5-11)15(21-22)17(24)19-9-13-3-2-8-25-13/h2-8,10H,9H2,1H3,(H,19,24)(H,20,23). The lowest BCUT2D eigenvalue weighted by molar-refractivity contribution is 0.0943. The number of aromatic nitrogens is 2. The van der Waals surface area contributed by atoms with Crippen molar-refractivity contribution < 1.29 is 18.4 Å². The van der Waals surface area contributed by atoms with Gasteiger partial charge in [0.05, 0.1) is 18.5 Å². The molecular formula is C17H15FN4O3. The Balaban J connectivity index is 1.72. The number of anilines is 1. The van der Waals surface area contributed by atoms with Gasteiger partial charge in [-0.05, 0) is 36.4 Å². The highest BCUT2D eigenvalue weighted by atomic mass is 19.1. The van der Waals surface area contributed by atoms with Gasteiger partial charge in [0.1, 0.15) is 11.6 Å². The van der Waals surface area contributed by atoms with Crippen molar-refractivity contribution in [2.75, 3.05) is 5.32 Å². The topological polar surface area (TPSA) is 89.2 Å². The van der Waals surface area contributed by atoms with E-state index in [9.17, 15) is 14.0 Å². The Morgan fingerprint density at radius 3 is 2.64 bits per heavy atom. The second-order valence-electron chi connectivity index (χ2n) is 5.29. The maximum atomic E-state index is 12.9. The zero-order valence-corrected chi connectivity index (χ0v) is 13.3. The fourth-order valence-electron chi connectivity index (χ4n) is 2.21. The first-order valence-corrected chi connectivity index (χ1v) is 7.44. The summed E-state index contributed by atoms with van der Waals surface area (Å²) in [4.78, 5) is 24.5. The third-order valence-corrected chi connectivity index (χ3v) is 3.40. The van der Waals surface area contributed by atoms with Gasteiger partial charge in [0.15, 0.2) is 5.69 Å². The van der Waals surface area contributed by atoms with Crippen LogP contribution in [-0.4, -0.2) is 21.6 Å². The van der Waals surface area contributed by atoms with Crippen molar-refractivity contribution in [3.63, 3.8) is 0 Å². The minimum absolute atomic E-state index is 0.0736. The van der Waals surface area contributed by atoms with Gasteiger partial charge in [-0.3, -0.25) is 14.3 Å². The number of furan rings is 1. The molecule has 2 heterocycles. The molecule has 0 saturated carbocycles. The molecule has 3 rings (SSSR count). The number of hydrogen-bond donors (Lipinski definition) is 2. The molecule has 2 aromatic heterocycles. The van der Waals surface area contributed by atoms with E-state index in [0.29, 0.717) is 5.76 Å². The van der Waals surface area contributed by atoms with Crippen LogP contribution in [0.3, 0.4) is 0 Å². The van der Waals surface area contributed by atoms with Crippen molar-refractivity contribution in [1.82, 2.24) is 15.1 Å². The van der Waals surface area contributed by atoms with E-state index in [1.807, 2.05) is 0 Å². The number of carbonyl (C=O) groups is 2. The molecule has 0 saturated heterocycles. The number of hydrogen-bond acceptors (Lipinski definition) is 4. The van der Waals surface area contributed by atoms with Gasteiger partial charge in [-0.2, -0.15) is 5.10 Å². The summed E-state index contributed by atoms with van der Waals surface area (Å²) in [6.45, 7) is 0.202. The van der Waals surface area contributed by atoms with Crippen LogP contribution in [0.1, 0.15) is 26.6 Å². The summed E-state index contributed by atoms with van der Waals surface area (Å²) in [5, 5.41) is 9.35. The number of amides is 2. The van der Waals surface area contributed by atoms with E-state index in [0.717, 1.165) is 0 Å². The normalized spacial score (nSPS) is 10.5. The summed E-state index contributed by atoms with van der Waals surface area (Å²) in [5.41, 5.74) is 0.602. The highest BCUT2D eigenvalue weighted by Gasteiger charge is 2.18. The van der Waals surface area contributed by atoms with Crippen molar-refractivity contribution in [3.8, 4) is 0 Å². The van der Waals surface area contributed by atoms with Crippen LogP contribution in [0.5, 0.6) is 0 Å². The Bertz CT molecular complexity index is 885. The molecule has 2 amide bonds. The molecule has 3 aromatic rings. The van der Waals surface area contributed by atoms with Crippen LogP contribution in [0.4, 0.5) is 10.1 Å². The van der Waals surface area contributed by atoms with Crippen LogP contribution in [0.15, 0.2) is 53.3 Å². The monoisotopic (exact) mass is 342 g/mol. The lowest BCUT2D eigenvalue weighted by Crippen LogP contribution is -2.25. The zero-order valence-electron chi connectivity index (χ0n) is 13.3. The minimum Gasteiger partial charge on any atom is -0.467 e. The highest BCUT2D eigenvalue weighted by Crippen LogP contribution is 2.15. The van der Waals surface area contributed by atoms with E-state index in [4.69, 9.17) is 4.42 Å². The summed E-state index contributed by atoms with van der Waals surface area (Å²) < 4.78 is 19.5. The Hall–Kier alpha value is -3.42. The van der Waals surface area contributed by atoms with Crippen molar-refractivity contribution in [2.45, 2.75) is 6.54 Å². The predicted molar refractivity (Wildman–Crippen MR) is 87.4 cm³/mol. The number of halogens is 1. The molecule has 128 valence electrons. The predicted octanol–water partition coefficient (Wildman–Crippen LogP) is 2.33. The first-order chi connectivity index (χ1) is 12.0. The van der Waals surface area contributed by atoms with E-state index in [-0.39, 0.29) is 23.5 Å². The molecular weight excluding hydrogens is 327 g/mol. The van der Waals surface area contributed by atoms with Crippen LogP contribution in [0, 0.1) is 5.82 Å². The van der Waals surface area contributed by atoms with Gasteiger partial charge in [0.25, 0.3) is 11.8 Å². The molecule has 1 aromatic carbocycles. The molecule has 0 bridgehead atoms. The first-order valence-electron chi connectivity index (χ1n) is 7.44. The van der Waals surface area contributed by atoms with Crippen LogP contribution in [0.25, 0.3) is 0 Å². The van der Waals surface area contributed by atoms with Gasteiger partial charge in [0, 0.05) is 18.8 Å². The van der Waals surface area contributed by atoms with Crippen LogP contribution >= 0.6 is 0 Å². The molecule has 25 heavy (non-hydrogen) atoms. The summed E-state index contributed by atoms with van der Waals surface area (Å²) in [6.07, 6.45) is 3.03. The molecule has 0 aliphatic heterocycles. The van der Waals surface area contributed by atoms with Gasteiger partial charge >= 0.3 is 0 Å². The molecule has 0 unspecified atom stereocenters. The van der Waals surface area contributed by atoms with Gasteiger partial charge in [0.2, 0.25) is 0 Å².